The zero-order valence-corrected chi connectivity index (χ0v) is 11.8. The highest BCUT2D eigenvalue weighted by Crippen LogP contribution is 2.37. The zero-order chi connectivity index (χ0) is 13.4. The number of likely N-dealkylation sites (tertiary alicyclic amines) is 1. The molecule has 0 aromatic heterocycles. The van der Waals surface area contributed by atoms with Gasteiger partial charge in [-0.05, 0) is 38.6 Å². The van der Waals surface area contributed by atoms with Crippen LogP contribution in [0, 0.1) is 11.3 Å². The Morgan fingerprint density at radius 2 is 2.11 bits per heavy atom. The third-order valence-electron chi connectivity index (χ3n) is 4.68. The molecule has 0 spiro atoms. The molecule has 2 rings (SSSR count). The number of amides is 1. The lowest BCUT2D eigenvalue weighted by Gasteiger charge is -2.42. The van der Waals surface area contributed by atoms with E-state index < -0.39 is 5.60 Å². The van der Waals surface area contributed by atoms with Gasteiger partial charge in [-0.15, -0.1) is 0 Å². The van der Waals surface area contributed by atoms with E-state index in [1.807, 2.05) is 11.8 Å². The quantitative estimate of drug-likeness (QED) is 0.773. The van der Waals surface area contributed by atoms with E-state index in [9.17, 15) is 9.90 Å². The van der Waals surface area contributed by atoms with Crippen molar-refractivity contribution in [1.29, 1.82) is 0 Å². The monoisotopic (exact) mass is 254 g/mol. The molecule has 2 aliphatic rings. The van der Waals surface area contributed by atoms with Crippen LogP contribution in [0.4, 0.5) is 0 Å². The van der Waals surface area contributed by atoms with Crippen molar-refractivity contribution in [2.75, 3.05) is 26.2 Å². The predicted molar refractivity (Wildman–Crippen MR) is 71.2 cm³/mol. The molecular formula is C14H26N2O2. The molecule has 2 aliphatic heterocycles. The van der Waals surface area contributed by atoms with Gasteiger partial charge in [0.25, 0.3) is 0 Å². The van der Waals surface area contributed by atoms with Gasteiger partial charge in [0.2, 0.25) is 5.91 Å². The van der Waals surface area contributed by atoms with Crippen LogP contribution in [0.2, 0.25) is 0 Å². The van der Waals surface area contributed by atoms with Crippen molar-refractivity contribution >= 4 is 5.91 Å². The van der Waals surface area contributed by atoms with Gasteiger partial charge in [-0.2, -0.15) is 0 Å². The Balaban J connectivity index is 2.14. The topological polar surface area (TPSA) is 52.6 Å². The fourth-order valence-corrected chi connectivity index (χ4v) is 3.34. The third-order valence-corrected chi connectivity index (χ3v) is 4.68. The van der Waals surface area contributed by atoms with Gasteiger partial charge < -0.3 is 15.3 Å². The second-order valence-corrected chi connectivity index (χ2v) is 6.56. The number of hydrogen-bond donors (Lipinski definition) is 2. The molecule has 2 atom stereocenters. The summed E-state index contributed by atoms with van der Waals surface area (Å²) in [6, 6.07) is 0. The summed E-state index contributed by atoms with van der Waals surface area (Å²) in [4.78, 5) is 14.7. The second kappa shape index (κ2) is 4.82. The SMILES string of the molecule is CC(C)C1(C(=O)N2CCCC(C)(O)C2)CCNC1. The summed E-state index contributed by atoms with van der Waals surface area (Å²) in [5.41, 5.74) is -0.967. The molecular weight excluding hydrogens is 228 g/mol. The van der Waals surface area contributed by atoms with Gasteiger partial charge in [0.05, 0.1) is 11.0 Å². The number of nitrogens with one attached hydrogen (secondary N) is 1. The number of carbonyl (C=O) groups excluding carboxylic acids is 1. The largest absolute Gasteiger partial charge is 0.388 e. The van der Waals surface area contributed by atoms with Crippen LogP contribution in [0.15, 0.2) is 0 Å². The van der Waals surface area contributed by atoms with Gasteiger partial charge in [-0.25, -0.2) is 0 Å². The molecule has 0 bridgehead atoms. The molecule has 18 heavy (non-hydrogen) atoms. The molecule has 0 radical (unpaired) electrons. The van der Waals surface area contributed by atoms with Crippen molar-refractivity contribution in [2.24, 2.45) is 11.3 Å². The number of carbonyl (C=O) groups is 1. The summed E-state index contributed by atoms with van der Waals surface area (Å²) >= 11 is 0. The smallest absolute Gasteiger partial charge is 0.230 e. The van der Waals surface area contributed by atoms with E-state index in [1.165, 1.54) is 0 Å². The van der Waals surface area contributed by atoms with Gasteiger partial charge in [0, 0.05) is 19.6 Å². The summed E-state index contributed by atoms with van der Waals surface area (Å²) in [6.45, 7) is 9.08. The maximum absolute atomic E-state index is 12.8. The van der Waals surface area contributed by atoms with Crippen molar-refractivity contribution in [3.05, 3.63) is 0 Å². The maximum atomic E-state index is 12.8. The summed E-state index contributed by atoms with van der Waals surface area (Å²) in [5, 5.41) is 13.5. The lowest BCUT2D eigenvalue weighted by molar-refractivity contribution is -0.150. The lowest BCUT2D eigenvalue weighted by Crippen LogP contribution is -2.55. The normalized spacial score (nSPS) is 37.3. The predicted octanol–water partition coefficient (Wildman–Crippen LogP) is 0.995. The summed E-state index contributed by atoms with van der Waals surface area (Å²) in [5.74, 6) is 0.578. The molecule has 2 N–H and O–H groups in total. The molecule has 4 nitrogen and oxygen atoms in total. The highest BCUT2D eigenvalue weighted by atomic mass is 16.3. The molecule has 0 aliphatic carbocycles. The highest BCUT2D eigenvalue weighted by Gasteiger charge is 2.47. The Morgan fingerprint density at radius 3 is 2.61 bits per heavy atom. The van der Waals surface area contributed by atoms with Gasteiger partial charge in [0.15, 0.2) is 0 Å². The number of nitrogens with zero attached hydrogens (tertiary/aromatic N) is 1. The summed E-state index contributed by atoms with van der Waals surface area (Å²) in [6.07, 6.45) is 2.62. The van der Waals surface area contributed by atoms with E-state index in [-0.39, 0.29) is 11.3 Å². The Labute approximate surface area is 110 Å². The van der Waals surface area contributed by atoms with Gasteiger partial charge >= 0.3 is 0 Å². The number of rotatable bonds is 2. The molecule has 2 fully saturated rings. The van der Waals surface area contributed by atoms with E-state index in [0.717, 1.165) is 38.9 Å². The van der Waals surface area contributed by atoms with Crippen LogP contribution < -0.4 is 5.32 Å². The average Bonchev–Trinajstić information content (AvgIpc) is 2.76. The van der Waals surface area contributed by atoms with Gasteiger partial charge in [-0.3, -0.25) is 4.79 Å². The Kier molecular flexibility index (Phi) is 3.70. The van der Waals surface area contributed by atoms with Crippen LogP contribution >= 0.6 is 0 Å². The molecule has 1 amide bonds. The minimum absolute atomic E-state index is 0.238. The zero-order valence-electron chi connectivity index (χ0n) is 11.8. The van der Waals surface area contributed by atoms with Gasteiger partial charge in [0.1, 0.15) is 0 Å². The molecule has 104 valence electrons. The first-order valence-corrected chi connectivity index (χ1v) is 7.10. The number of piperidine rings is 1. The van der Waals surface area contributed by atoms with Crippen LogP contribution in [-0.4, -0.2) is 47.7 Å². The van der Waals surface area contributed by atoms with Crippen LogP contribution in [0.5, 0.6) is 0 Å². The minimum atomic E-state index is -0.710. The fraction of sp³-hybridized carbons (Fsp3) is 0.929. The van der Waals surface area contributed by atoms with Crippen molar-refractivity contribution < 1.29 is 9.90 Å². The standard InChI is InChI=1S/C14H26N2O2/c1-11(2)14(6-7-15-9-14)12(17)16-8-4-5-13(3,18)10-16/h11,15,18H,4-10H2,1-3H3. The van der Waals surface area contributed by atoms with Crippen molar-refractivity contribution in [3.8, 4) is 0 Å². The Hall–Kier alpha value is -0.610. The van der Waals surface area contributed by atoms with E-state index in [0.29, 0.717) is 12.5 Å². The van der Waals surface area contributed by atoms with E-state index in [1.54, 1.807) is 0 Å². The molecule has 2 unspecified atom stereocenters. The average molecular weight is 254 g/mol. The van der Waals surface area contributed by atoms with E-state index in [4.69, 9.17) is 0 Å². The van der Waals surface area contributed by atoms with Crippen molar-refractivity contribution in [3.63, 3.8) is 0 Å². The van der Waals surface area contributed by atoms with Crippen molar-refractivity contribution in [1.82, 2.24) is 10.2 Å². The molecule has 2 saturated heterocycles. The Bertz CT molecular complexity index is 320. The number of hydrogen-bond acceptors (Lipinski definition) is 3. The number of β-amino-alcohol motifs (C(OH)–C–C–N with tert-alkyl or cyclic N) is 1. The molecule has 0 aromatic carbocycles. The van der Waals surface area contributed by atoms with Crippen LogP contribution in [0.25, 0.3) is 0 Å². The maximum Gasteiger partial charge on any atom is 0.230 e. The Morgan fingerprint density at radius 1 is 1.39 bits per heavy atom. The van der Waals surface area contributed by atoms with E-state index >= 15 is 0 Å². The lowest BCUT2D eigenvalue weighted by atomic mass is 9.74. The van der Waals surface area contributed by atoms with Crippen LogP contribution in [0.1, 0.15) is 40.0 Å². The number of aliphatic hydroxyl groups is 1. The first-order valence-electron chi connectivity index (χ1n) is 7.10. The molecule has 2 heterocycles. The first-order chi connectivity index (χ1) is 8.37. The first kappa shape index (κ1) is 13.8. The van der Waals surface area contributed by atoms with Crippen LogP contribution in [0.3, 0.4) is 0 Å². The minimum Gasteiger partial charge on any atom is -0.388 e. The van der Waals surface area contributed by atoms with Crippen LogP contribution in [-0.2, 0) is 4.79 Å². The second-order valence-electron chi connectivity index (χ2n) is 6.56. The molecule has 0 aromatic rings. The highest BCUT2D eigenvalue weighted by molar-refractivity contribution is 5.84. The fourth-order valence-electron chi connectivity index (χ4n) is 3.34. The van der Waals surface area contributed by atoms with Gasteiger partial charge in [-0.1, -0.05) is 13.8 Å². The molecule has 0 saturated carbocycles. The van der Waals surface area contributed by atoms with Crippen molar-refractivity contribution in [2.45, 2.75) is 45.6 Å². The third kappa shape index (κ3) is 2.41. The molecule has 4 heteroatoms. The van der Waals surface area contributed by atoms with E-state index in [2.05, 4.69) is 19.2 Å². The summed E-state index contributed by atoms with van der Waals surface area (Å²) in [7, 11) is 0. The summed E-state index contributed by atoms with van der Waals surface area (Å²) < 4.78 is 0.